The maximum Gasteiger partial charge on any atom is 0.307 e. The lowest BCUT2D eigenvalue weighted by molar-refractivity contribution is -0.154. The van der Waals surface area contributed by atoms with Gasteiger partial charge in [-0.2, -0.15) is 0 Å². The van der Waals surface area contributed by atoms with Crippen molar-refractivity contribution >= 4 is 5.97 Å². The molecule has 0 aliphatic carbocycles. The van der Waals surface area contributed by atoms with Gasteiger partial charge in [-0.1, -0.05) is 119 Å². The maximum atomic E-state index is 13.4. The van der Waals surface area contributed by atoms with Crippen molar-refractivity contribution in [1.82, 2.24) is 0 Å². The molecule has 3 aromatic rings. The molecule has 0 aromatic heterocycles. The second-order valence-corrected chi connectivity index (χ2v) is 8.62. The van der Waals surface area contributed by atoms with E-state index in [1.54, 1.807) is 0 Å². The molecule has 0 fully saturated rings. The van der Waals surface area contributed by atoms with Gasteiger partial charge in [-0.05, 0) is 28.5 Å². The second-order valence-electron chi connectivity index (χ2n) is 8.62. The van der Waals surface area contributed by atoms with Gasteiger partial charge in [0.25, 0.3) is 0 Å². The van der Waals surface area contributed by atoms with Crippen LogP contribution < -0.4 is 0 Å². The van der Waals surface area contributed by atoms with Crippen LogP contribution in [0.15, 0.2) is 91.0 Å². The summed E-state index contributed by atoms with van der Waals surface area (Å²) in [4.78, 5) is 13.4. The van der Waals surface area contributed by atoms with Gasteiger partial charge in [0.2, 0.25) is 0 Å². The lowest BCUT2D eigenvalue weighted by atomic mass is 9.67. The topological polar surface area (TPSA) is 26.3 Å². The quantitative estimate of drug-likeness (QED) is 0.313. The van der Waals surface area contributed by atoms with Gasteiger partial charge in [0.15, 0.2) is 0 Å². The van der Waals surface area contributed by atoms with Crippen LogP contribution in [0.4, 0.5) is 0 Å². The summed E-state index contributed by atoms with van der Waals surface area (Å²) >= 11 is 0. The fraction of sp³-hybridized carbons (Fsp3) is 0.321. The minimum atomic E-state index is -0.612. The van der Waals surface area contributed by atoms with Gasteiger partial charge in [-0.15, -0.1) is 0 Å². The highest BCUT2D eigenvalue weighted by Gasteiger charge is 2.39. The number of rotatable bonds is 8. The molecule has 2 heteroatoms. The normalized spacial score (nSPS) is 11.8. The van der Waals surface area contributed by atoms with E-state index in [9.17, 15) is 4.79 Å². The number of hydrogen-bond donors (Lipinski definition) is 0. The van der Waals surface area contributed by atoms with Crippen molar-refractivity contribution in [3.63, 3.8) is 0 Å². The molecule has 0 spiro atoms. The van der Waals surface area contributed by atoms with Crippen molar-refractivity contribution in [1.29, 1.82) is 0 Å². The molecule has 3 aromatic carbocycles. The molecule has 0 saturated carbocycles. The molecular formula is C28H32O2. The predicted octanol–water partition coefficient (Wildman–Crippen LogP) is 6.63. The van der Waals surface area contributed by atoms with E-state index in [0.717, 1.165) is 16.7 Å². The molecule has 0 radical (unpaired) electrons. The van der Waals surface area contributed by atoms with E-state index in [1.807, 2.05) is 54.6 Å². The van der Waals surface area contributed by atoms with E-state index in [-0.39, 0.29) is 30.3 Å². The molecule has 0 heterocycles. The van der Waals surface area contributed by atoms with E-state index in [1.165, 1.54) is 0 Å². The first-order valence-electron chi connectivity index (χ1n) is 10.8. The maximum absolute atomic E-state index is 13.4. The third kappa shape index (κ3) is 4.64. The highest BCUT2D eigenvalue weighted by molar-refractivity contribution is 5.75. The molecule has 0 amide bonds. The highest BCUT2D eigenvalue weighted by Crippen LogP contribution is 2.42. The van der Waals surface area contributed by atoms with Crippen LogP contribution >= 0.6 is 0 Å². The average Bonchev–Trinajstić information content (AvgIpc) is 2.77. The Bertz CT molecular complexity index is 810. The van der Waals surface area contributed by atoms with Gasteiger partial charge in [-0.3, -0.25) is 4.79 Å². The van der Waals surface area contributed by atoms with E-state index in [2.05, 4.69) is 64.1 Å². The molecular weight excluding hydrogens is 368 g/mol. The van der Waals surface area contributed by atoms with E-state index in [4.69, 9.17) is 4.74 Å². The third-order valence-electron chi connectivity index (χ3n) is 5.79. The molecule has 0 bridgehead atoms. The zero-order chi connectivity index (χ0) is 21.6. The first-order chi connectivity index (χ1) is 14.4. The van der Waals surface area contributed by atoms with Crippen molar-refractivity contribution in [2.75, 3.05) is 0 Å². The van der Waals surface area contributed by atoms with Crippen LogP contribution in [-0.2, 0) is 14.9 Å². The Labute approximate surface area is 180 Å². The number of esters is 1. The molecule has 0 aliphatic rings. The number of carbonyl (C=O) groups excluding carboxylic acids is 1. The number of ether oxygens (including phenoxy) is 1. The predicted molar refractivity (Wildman–Crippen MR) is 123 cm³/mol. The number of hydrogen-bond acceptors (Lipinski definition) is 2. The number of benzene rings is 3. The third-order valence-corrected chi connectivity index (χ3v) is 5.79. The molecule has 0 unspecified atom stereocenters. The van der Waals surface area contributed by atoms with Gasteiger partial charge in [0, 0.05) is 0 Å². The standard InChI is InChI=1S/C28H32O2/c1-21(2)27(22(3)4)30-26(29)20-28(23-14-8-5-9-15-23,24-16-10-6-11-17-24)25-18-12-7-13-19-25/h5-19,21-22,27H,20H2,1-4H3. The van der Waals surface area contributed by atoms with Crippen LogP contribution in [0.25, 0.3) is 0 Å². The first-order valence-corrected chi connectivity index (χ1v) is 10.8. The summed E-state index contributed by atoms with van der Waals surface area (Å²) in [7, 11) is 0. The molecule has 2 nitrogen and oxygen atoms in total. The van der Waals surface area contributed by atoms with Crippen molar-refractivity contribution in [3.8, 4) is 0 Å². The largest absolute Gasteiger partial charge is 0.462 e. The van der Waals surface area contributed by atoms with Crippen molar-refractivity contribution in [3.05, 3.63) is 108 Å². The summed E-state index contributed by atoms with van der Waals surface area (Å²) in [5.41, 5.74) is 2.65. The minimum absolute atomic E-state index is 0.0995. The average molecular weight is 401 g/mol. The van der Waals surface area contributed by atoms with E-state index >= 15 is 0 Å². The number of carbonyl (C=O) groups is 1. The van der Waals surface area contributed by atoms with Crippen LogP contribution in [0.3, 0.4) is 0 Å². The van der Waals surface area contributed by atoms with Crippen LogP contribution in [-0.4, -0.2) is 12.1 Å². The minimum Gasteiger partial charge on any atom is -0.462 e. The van der Waals surface area contributed by atoms with Crippen LogP contribution in [0.1, 0.15) is 50.8 Å². The lowest BCUT2D eigenvalue weighted by Crippen LogP contribution is -2.36. The zero-order valence-corrected chi connectivity index (χ0v) is 18.4. The molecule has 0 saturated heterocycles. The fourth-order valence-electron chi connectivity index (χ4n) is 4.43. The zero-order valence-electron chi connectivity index (χ0n) is 18.4. The first kappa shape index (κ1) is 21.8. The van der Waals surface area contributed by atoms with Crippen molar-refractivity contribution in [2.24, 2.45) is 11.8 Å². The van der Waals surface area contributed by atoms with Crippen LogP contribution in [0, 0.1) is 11.8 Å². The second kappa shape index (κ2) is 9.75. The van der Waals surface area contributed by atoms with Gasteiger partial charge < -0.3 is 4.74 Å². The molecule has 156 valence electrons. The Morgan fingerprint density at radius 2 is 1.00 bits per heavy atom. The monoisotopic (exact) mass is 400 g/mol. The molecule has 0 atom stereocenters. The molecule has 3 rings (SSSR count). The van der Waals surface area contributed by atoms with Gasteiger partial charge in [0.1, 0.15) is 6.10 Å². The fourth-order valence-corrected chi connectivity index (χ4v) is 4.43. The Hall–Kier alpha value is -2.87. The molecule has 0 aliphatic heterocycles. The Balaban J connectivity index is 2.13. The Morgan fingerprint density at radius 3 is 1.30 bits per heavy atom. The molecule has 0 N–H and O–H groups in total. The van der Waals surface area contributed by atoms with E-state index < -0.39 is 5.41 Å². The van der Waals surface area contributed by atoms with E-state index in [0.29, 0.717) is 0 Å². The van der Waals surface area contributed by atoms with Gasteiger partial charge in [0.05, 0.1) is 11.8 Å². The smallest absolute Gasteiger partial charge is 0.307 e. The summed E-state index contributed by atoms with van der Waals surface area (Å²) in [6.07, 6.45) is 0.151. The van der Waals surface area contributed by atoms with Gasteiger partial charge in [-0.25, -0.2) is 0 Å². The summed E-state index contributed by atoms with van der Waals surface area (Å²) in [5.74, 6) is 0.376. The summed E-state index contributed by atoms with van der Waals surface area (Å²) in [5, 5.41) is 0. The summed E-state index contributed by atoms with van der Waals surface area (Å²) in [6, 6.07) is 30.9. The van der Waals surface area contributed by atoms with Crippen LogP contribution in [0.2, 0.25) is 0 Å². The lowest BCUT2D eigenvalue weighted by Gasteiger charge is -2.36. The highest BCUT2D eigenvalue weighted by atomic mass is 16.5. The van der Waals surface area contributed by atoms with Crippen molar-refractivity contribution in [2.45, 2.75) is 45.6 Å². The Kier molecular flexibility index (Phi) is 7.10. The SMILES string of the molecule is CC(C)C(OC(=O)CC(c1ccccc1)(c1ccccc1)c1ccccc1)C(C)C. The summed E-state index contributed by atoms with van der Waals surface area (Å²) in [6.45, 7) is 8.43. The van der Waals surface area contributed by atoms with Crippen molar-refractivity contribution < 1.29 is 9.53 Å². The Morgan fingerprint density at radius 1 is 0.667 bits per heavy atom. The molecule has 30 heavy (non-hydrogen) atoms. The summed E-state index contributed by atoms with van der Waals surface area (Å²) < 4.78 is 6.05. The van der Waals surface area contributed by atoms with Gasteiger partial charge >= 0.3 is 5.97 Å². The van der Waals surface area contributed by atoms with Crippen LogP contribution in [0.5, 0.6) is 0 Å².